The zero-order valence-corrected chi connectivity index (χ0v) is 10.1. The Morgan fingerprint density at radius 2 is 1.93 bits per heavy atom. The van der Waals surface area contributed by atoms with Gasteiger partial charge in [0.2, 0.25) is 0 Å². The van der Waals surface area contributed by atoms with Gasteiger partial charge >= 0.3 is 0 Å². The normalized spacial score (nSPS) is 12.3. The third kappa shape index (κ3) is 9.43. The number of rotatable bonds is 9. The minimum Gasteiger partial charge on any atom is -0.369 e. The van der Waals surface area contributed by atoms with Crippen molar-refractivity contribution in [2.24, 2.45) is 4.99 Å². The minimum absolute atomic E-state index is 0.907. The van der Waals surface area contributed by atoms with Crippen LogP contribution in [0.25, 0.3) is 0 Å². The van der Waals surface area contributed by atoms with Crippen LogP contribution in [0.5, 0.6) is 0 Å². The summed E-state index contributed by atoms with van der Waals surface area (Å²) in [4.78, 5) is 4.28. The van der Waals surface area contributed by atoms with Gasteiger partial charge in [-0.05, 0) is 26.5 Å². The first-order chi connectivity index (χ1) is 7.35. The molecule has 0 aliphatic heterocycles. The van der Waals surface area contributed by atoms with Gasteiger partial charge in [0.15, 0.2) is 0 Å². The Morgan fingerprint density at radius 1 is 1.20 bits per heavy atom. The van der Waals surface area contributed by atoms with Crippen molar-refractivity contribution in [1.29, 1.82) is 0 Å². The molecule has 88 valence electrons. The summed E-state index contributed by atoms with van der Waals surface area (Å²) < 4.78 is 0. The van der Waals surface area contributed by atoms with Crippen LogP contribution >= 0.6 is 0 Å². The standard InChI is InChI=1S/C11H24N4/c1-4-6-14-11(5-2)15-10-9-13-8-7-12-3/h5-6,12-13,15H,4,7-10H2,1-3H3/b11-5+,14-6-. The van der Waals surface area contributed by atoms with Crippen LogP contribution in [-0.4, -0.2) is 39.4 Å². The van der Waals surface area contributed by atoms with Gasteiger partial charge in [0.1, 0.15) is 5.82 Å². The highest BCUT2D eigenvalue weighted by Gasteiger charge is 1.90. The van der Waals surface area contributed by atoms with Crippen LogP contribution in [0, 0.1) is 0 Å². The van der Waals surface area contributed by atoms with Crippen LogP contribution in [0.3, 0.4) is 0 Å². The van der Waals surface area contributed by atoms with Crippen molar-refractivity contribution in [3.05, 3.63) is 11.9 Å². The van der Waals surface area contributed by atoms with Gasteiger partial charge in [0.05, 0.1) is 0 Å². The van der Waals surface area contributed by atoms with Crippen molar-refractivity contribution >= 4 is 6.21 Å². The zero-order valence-electron chi connectivity index (χ0n) is 10.1. The van der Waals surface area contributed by atoms with Crippen LogP contribution in [0.15, 0.2) is 16.9 Å². The molecule has 0 aliphatic rings. The molecule has 0 aliphatic carbocycles. The molecular formula is C11H24N4. The monoisotopic (exact) mass is 212 g/mol. The highest BCUT2D eigenvalue weighted by molar-refractivity contribution is 5.58. The van der Waals surface area contributed by atoms with E-state index in [4.69, 9.17) is 0 Å². The maximum atomic E-state index is 4.28. The van der Waals surface area contributed by atoms with E-state index in [-0.39, 0.29) is 0 Å². The Labute approximate surface area is 93.2 Å². The lowest BCUT2D eigenvalue weighted by Crippen LogP contribution is -2.31. The molecule has 4 heteroatoms. The maximum Gasteiger partial charge on any atom is 0.121 e. The fourth-order valence-electron chi connectivity index (χ4n) is 1.03. The number of likely N-dealkylation sites (N-methyl/N-ethyl adjacent to an activating group) is 1. The van der Waals surface area contributed by atoms with Crippen LogP contribution in [-0.2, 0) is 0 Å². The maximum absolute atomic E-state index is 4.28. The summed E-state index contributed by atoms with van der Waals surface area (Å²) in [6.07, 6.45) is 4.87. The Balaban J connectivity index is 3.43. The molecule has 0 atom stereocenters. The van der Waals surface area contributed by atoms with Crippen LogP contribution < -0.4 is 16.0 Å². The second kappa shape index (κ2) is 11.2. The molecule has 0 rings (SSSR count). The fraction of sp³-hybridized carbons (Fsp3) is 0.727. The quantitative estimate of drug-likeness (QED) is 0.390. The van der Waals surface area contributed by atoms with Crippen molar-refractivity contribution in [3.63, 3.8) is 0 Å². The second-order valence-corrected chi connectivity index (χ2v) is 3.17. The Kier molecular flexibility index (Phi) is 10.6. The molecule has 0 aromatic rings. The lowest BCUT2D eigenvalue weighted by atomic mass is 10.5. The van der Waals surface area contributed by atoms with Crippen molar-refractivity contribution in [1.82, 2.24) is 16.0 Å². The molecule has 0 spiro atoms. The Bertz CT molecular complexity index is 187. The first-order valence-electron chi connectivity index (χ1n) is 5.63. The number of allylic oxidation sites excluding steroid dienone is 1. The Morgan fingerprint density at radius 3 is 2.53 bits per heavy atom. The van der Waals surface area contributed by atoms with Gasteiger partial charge in [-0.1, -0.05) is 6.92 Å². The summed E-state index contributed by atoms with van der Waals surface area (Å²) in [6.45, 7) is 7.94. The van der Waals surface area contributed by atoms with E-state index in [2.05, 4.69) is 27.9 Å². The average molecular weight is 212 g/mol. The highest BCUT2D eigenvalue weighted by atomic mass is 15.0. The summed E-state index contributed by atoms with van der Waals surface area (Å²) in [7, 11) is 1.96. The summed E-state index contributed by atoms with van der Waals surface area (Å²) in [6, 6.07) is 0. The SMILES string of the molecule is C/C=C(\N=C/CC)NCCNCCNC. The van der Waals surface area contributed by atoms with Gasteiger partial charge in [-0.25, -0.2) is 4.99 Å². The van der Waals surface area contributed by atoms with Gasteiger partial charge < -0.3 is 16.0 Å². The number of hydrogen-bond donors (Lipinski definition) is 3. The molecule has 0 aromatic heterocycles. The zero-order chi connectivity index (χ0) is 11.4. The van der Waals surface area contributed by atoms with Gasteiger partial charge in [-0.3, -0.25) is 0 Å². The molecule has 0 bridgehead atoms. The number of aliphatic imine (C=N–C) groups is 1. The third-order valence-corrected chi connectivity index (χ3v) is 1.85. The lowest BCUT2D eigenvalue weighted by molar-refractivity contribution is 0.626. The number of nitrogens with zero attached hydrogens (tertiary/aromatic N) is 1. The van der Waals surface area contributed by atoms with E-state index in [1.165, 1.54) is 0 Å². The number of hydrogen-bond acceptors (Lipinski definition) is 4. The fourth-order valence-corrected chi connectivity index (χ4v) is 1.03. The molecule has 0 aromatic carbocycles. The first kappa shape index (κ1) is 14.1. The summed E-state index contributed by atoms with van der Waals surface area (Å²) >= 11 is 0. The van der Waals surface area contributed by atoms with E-state index >= 15 is 0 Å². The second-order valence-electron chi connectivity index (χ2n) is 3.17. The van der Waals surface area contributed by atoms with Crippen LogP contribution in [0.1, 0.15) is 20.3 Å². The van der Waals surface area contributed by atoms with E-state index in [1.807, 2.05) is 26.3 Å². The first-order valence-corrected chi connectivity index (χ1v) is 5.63. The highest BCUT2D eigenvalue weighted by Crippen LogP contribution is 1.89. The predicted molar refractivity (Wildman–Crippen MR) is 67.3 cm³/mol. The summed E-state index contributed by atoms with van der Waals surface area (Å²) in [5.74, 6) is 0.951. The molecule has 0 fully saturated rings. The van der Waals surface area contributed by atoms with E-state index in [1.54, 1.807) is 0 Å². The minimum atomic E-state index is 0.907. The van der Waals surface area contributed by atoms with Gasteiger partial charge in [-0.2, -0.15) is 0 Å². The lowest BCUT2D eigenvalue weighted by Gasteiger charge is -2.07. The Hall–Kier alpha value is -0.870. The molecule has 0 saturated heterocycles. The molecule has 3 N–H and O–H groups in total. The molecule has 0 unspecified atom stereocenters. The van der Waals surface area contributed by atoms with E-state index < -0.39 is 0 Å². The van der Waals surface area contributed by atoms with Crippen molar-refractivity contribution in [2.45, 2.75) is 20.3 Å². The summed E-state index contributed by atoms with van der Waals surface area (Å²) in [5.41, 5.74) is 0. The van der Waals surface area contributed by atoms with E-state index in [9.17, 15) is 0 Å². The van der Waals surface area contributed by atoms with Crippen LogP contribution in [0.2, 0.25) is 0 Å². The predicted octanol–water partition coefficient (Wildman–Crippen LogP) is 0.727. The average Bonchev–Trinajstić information content (AvgIpc) is 2.27. The van der Waals surface area contributed by atoms with Crippen molar-refractivity contribution in [2.75, 3.05) is 33.2 Å². The number of nitrogens with one attached hydrogen (secondary N) is 3. The smallest absolute Gasteiger partial charge is 0.121 e. The summed E-state index contributed by atoms with van der Waals surface area (Å²) in [5, 5.41) is 9.67. The van der Waals surface area contributed by atoms with Crippen molar-refractivity contribution in [3.8, 4) is 0 Å². The topological polar surface area (TPSA) is 48.5 Å². The molecule has 0 amide bonds. The largest absolute Gasteiger partial charge is 0.369 e. The molecule has 0 radical (unpaired) electrons. The van der Waals surface area contributed by atoms with Gasteiger partial charge in [0.25, 0.3) is 0 Å². The van der Waals surface area contributed by atoms with E-state index in [0.29, 0.717) is 0 Å². The molecule has 4 nitrogen and oxygen atoms in total. The third-order valence-electron chi connectivity index (χ3n) is 1.85. The van der Waals surface area contributed by atoms with Gasteiger partial charge in [0, 0.05) is 32.4 Å². The molecular weight excluding hydrogens is 188 g/mol. The molecule has 0 saturated carbocycles. The van der Waals surface area contributed by atoms with Crippen molar-refractivity contribution < 1.29 is 0 Å². The molecule has 15 heavy (non-hydrogen) atoms. The van der Waals surface area contributed by atoms with Crippen LogP contribution in [0.4, 0.5) is 0 Å². The van der Waals surface area contributed by atoms with Gasteiger partial charge in [-0.15, -0.1) is 0 Å². The molecule has 0 heterocycles. The van der Waals surface area contributed by atoms with E-state index in [0.717, 1.165) is 38.4 Å².